The first-order valence-electron chi connectivity index (χ1n) is 11.7. The molecule has 0 spiro atoms. The molecule has 1 aliphatic heterocycles. The normalized spacial score (nSPS) is 18.5. The van der Waals surface area contributed by atoms with Crippen LogP contribution >= 0.6 is 0 Å². The largest absolute Gasteiger partial charge is 0.349 e. The quantitative estimate of drug-likeness (QED) is 0.721. The maximum absolute atomic E-state index is 12.7. The molecule has 31 heavy (non-hydrogen) atoms. The SMILES string of the molecule is O=C(CN1CCC(NC(=O)c2ccccc2)CC1)Nc1ccccc1C1CCCCC1. The molecule has 2 aromatic rings. The number of hydrogen-bond donors (Lipinski definition) is 2. The van der Waals surface area contributed by atoms with Crippen LogP contribution in [-0.2, 0) is 4.79 Å². The Kier molecular flexibility index (Phi) is 7.36. The van der Waals surface area contributed by atoms with E-state index in [1.165, 1.54) is 37.7 Å². The molecular weight excluding hydrogens is 386 g/mol. The molecule has 5 heteroatoms. The van der Waals surface area contributed by atoms with Gasteiger partial charge in [0.1, 0.15) is 0 Å². The molecule has 0 atom stereocenters. The lowest BCUT2D eigenvalue weighted by Gasteiger charge is -2.32. The maximum Gasteiger partial charge on any atom is 0.251 e. The summed E-state index contributed by atoms with van der Waals surface area (Å²) in [5.41, 5.74) is 2.96. The van der Waals surface area contributed by atoms with Gasteiger partial charge in [0.25, 0.3) is 5.91 Å². The minimum atomic E-state index is -0.0175. The lowest BCUT2D eigenvalue weighted by molar-refractivity contribution is -0.117. The van der Waals surface area contributed by atoms with Crippen molar-refractivity contribution in [3.63, 3.8) is 0 Å². The van der Waals surface area contributed by atoms with E-state index in [-0.39, 0.29) is 17.9 Å². The molecule has 5 nitrogen and oxygen atoms in total. The fraction of sp³-hybridized carbons (Fsp3) is 0.462. The number of para-hydroxylation sites is 1. The van der Waals surface area contributed by atoms with Gasteiger partial charge in [-0.05, 0) is 55.4 Å². The monoisotopic (exact) mass is 419 g/mol. The van der Waals surface area contributed by atoms with Crippen molar-refractivity contribution in [1.82, 2.24) is 10.2 Å². The molecule has 0 radical (unpaired) electrons. The number of likely N-dealkylation sites (tertiary alicyclic amines) is 1. The van der Waals surface area contributed by atoms with Gasteiger partial charge in [0.05, 0.1) is 6.54 Å². The highest BCUT2D eigenvalue weighted by Crippen LogP contribution is 2.36. The smallest absolute Gasteiger partial charge is 0.251 e. The van der Waals surface area contributed by atoms with Crippen molar-refractivity contribution in [3.05, 3.63) is 65.7 Å². The second-order valence-corrected chi connectivity index (χ2v) is 8.86. The van der Waals surface area contributed by atoms with Crippen LogP contribution in [-0.4, -0.2) is 42.4 Å². The van der Waals surface area contributed by atoms with Crippen molar-refractivity contribution in [2.75, 3.05) is 25.0 Å². The zero-order chi connectivity index (χ0) is 21.5. The topological polar surface area (TPSA) is 61.4 Å². The number of nitrogens with zero attached hydrogens (tertiary/aromatic N) is 1. The van der Waals surface area contributed by atoms with Crippen molar-refractivity contribution in [3.8, 4) is 0 Å². The number of amides is 2. The number of carbonyl (C=O) groups is 2. The molecule has 2 fully saturated rings. The number of benzene rings is 2. The summed E-state index contributed by atoms with van der Waals surface area (Å²) in [6.07, 6.45) is 8.05. The second kappa shape index (κ2) is 10.6. The fourth-order valence-corrected chi connectivity index (χ4v) is 4.87. The molecule has 4 rings (SSSR count). The summed E-state index contributed by atoms with van der Waals surface area (Å²) in [7, 11) is 0. The van der Waals surface area contributed by atoms with Crippen molar-refractivity contribution in [1.29, 1.82) is 0 Å². The summed E-state index contributed by atoms with van der Waals surface area (Å²) < 4.78 is 0. The van der Waals surface area contributed by atoms with Crippen LogP contribution in [0.5, 0.6) is 0 Å². The van der Waals surface area contributed by atoms with Gasteiger partial charge in [-0.2, -0.15) is 0 Å². The van der Waals surface area contributed by atoms with Crippen LogP contribution in [0, 0.1) is 0 Å². The lowest BCUT2D eigenvalue weighted by Crippen LogP contribution is -2.46. The Morgan fingerprint density at radius 1 is 0.839 bits per heavy atom. The molecule has 1 heterocycles. The molecule has 1 aliphatic carbocycles. The number of anilines is 1. The van der Waals surface area contributed by atoms with E-state index in [2.05, 4.69) is 27.7 Å². The first kappa shape index (κ1) is 21.6. The Hall–Kier alpha value is -2.66. The second-order valence-electron chi connectivity index (χ2n) is 8.86. The number of rotatable bonds is 6. The van der Waals surface area contributed by atoms with Crippen molar-refractivity contribution in [2.24, 2.45) is 0 Å². The van der Waals surface area contributed by atoms with Gasteiger partial charge in [-0.25, -0.2) is 0 Å². The van der Waals surface area contributed by atoms with Crippen LogP contribution in [0.3, 0.4) is 0 Å². The van der Waals surface area contributed by atoms with Crippen molar-refractivity contribution in [2.45, 2.75) is 56.9 Å². The summed E-state index contributed by atoms with van der Waals surface area (Å²) in [6.45, 7) is 2.03. The van der Waals surface area contributed by atoms with Gasteiger partial charge < -0.3 is 10.6 Å². The molecule has 1 saturated carbocycles. The number of hydrogen-bond acceptors (Lipinski definition) is 3. The van der Waals surface area contributed by atoms with Gasteiger partial charge in [0.15, 0.2) is 0 Å². The van der Waals surface area contributed by atoms with E-state index in [0.29, 0.717) is 18.0 Å². The van der Waals surface area contributed by atoms with Crippen LogP contribution in [0.15, 0.2) is 54.6 Å². The van der Waals surface area contributed by atoms with E-state index in [1.54, 1.807) is 0 Å². The molecule has 2 N–H and O–H groups in total. The lowest BCUT2D eigenvalue weighted by atomic mass is 9.83. The summed E-state index contributed by atoms with van der Waals surface area (Å²) in [4.78, 5) is 27.3. The zero-order valence-electron chi connectivity index (χ0n) is 18.2. The van der Waals surface area contributed by atoms with E-state index >= 15 is 0 Å². The molecule has 2 aliphatic rings. The van der Waals surface area contributed by atoms with E-state index in [0.717, 1.165) is 31.6 Å². The molecule has 164 valence electrons. The summed E-state index contributed by atoms with van der Waals surface area (Å²) in [5.74, 6) is 0.598. The van der Waals surface area contributed by atoms with Crippen LogP contribution in [0.2, 0.25) is 0 Å². The average Bonchev–Trinajstić information content (AvgIpc) is 2.82. The average molecular weight is 420 g/mol. The molecule has 0 unspecified atom stereocenters. The third-order valence-corrected chi connectivity index (χ3v) is 6.61. The predicted molar refractivity (Wildman–Crippen MR) is 124 cm³/mol. The molecule has 0 aromatic heterocycles. The fourth-order valence-electron chi connectivity index (χ4n) is 4.87. The number of nitrogens with one attached hydrogen (secondary N) is 2. The van der Waals surface area contributed by atoms with Gasteiger partial charge in [-0.1, -0.05) is 55.7 Å². The van der Waals surface area contributed by atoms with E-state index in [4.69, 9.17) is 0 Å². The molecule has 1 saturated heterocycles. The highest BCUT2D eigenvalue weighted by atomic mass is 16.2. The minimum absolute atomic E-state index is 0.0175. The molecule has 0 bridgehead atoms. The standard InChI is InChI=1S/C26H33N3O2/c30-25(28-24-14-8-7-13-23(24)20-9-3-1-4-10-20)19-29-17-15-22(16-18-29)27-26(31)21-11-5-2-6-12-21/h2,5-8,11-14,20,22H,1,3-4,9-10,15-19H2,(H,27,31)(H,28,30). The van der Waals surface area contributed by atoms with Crippen LogP contribution < -0.4 is 10.6 Å². The van der Waals surface area contributed by atoms with Crippen molar-refractivity contribution < 1.29 is 9.59 Å². The first-order valence-corrected chi connectivity index (χ1v) is 11.7. The maximum atomic E-state index is 12.7. The number of piperidine rings is 1. The highest BCUT2D eigenvalue weighted by molar-refractivity contribution is 5.94. The Morgan fingerprint density at radius 2 is 1.52 bits per heavy atom. The third-order valence-electron chi connectivity index (χ3n) is 6.61. The third kappa shape index (κ3) is 5.95. The minimum Gasteiger partial charge on any atom is -0.349 e. The Morgan fingerprint density at radius 3 is 2.26 bits per heavy atom. The van der Waals surface area contributed by atoms with Gasteiger partial charge >= 0.3 is 0 Å². The Labute approximate surface area is 185 Å². The Bertz CT molecular complexity index is 869. The molecular formula is C26H33N3O2. The van der Waals surface area contributed by atoms with Crippen molar-refractivity contribution >= 4 is 17.5 Å². The highest BCUT2D eigenvalue weighted by Gasteiger charge is 2.23. The van der Waals surface area contributed by atoms with E-state index in [9.17, 15) is 9.59 Å². The predicted octanol–water partition coefficient (Wildman–Crippen LogP) is 4.57. The van der Waals surface area contributed by atoms with Gasteiger partial charge in [-0.15, -0.1) is 0 Å². The zero-order valence-corrected chi connectivity index (χ0v) is 18.2. The summed E-state index contributed by atoms with van der Waals surface area (Å²) >= 11 is 0. The van der Waals surface area contributed by atoms with Crippen LogP contribution in [0.1, 0.15) is 66.8 Å². The van der Waals surface area contributed by atoms with Crippen LogP contribution in [0.25, 0.3) is 0 Å². The van der Waals surface area contributed by atoms with Gasteiger partial charge in [0, 0.05) is 30.4 Å². The van der Waals surface area contributed by atoms with Gasteiger partial charge in [-0.3, -0.25) is 14.5 Å². The summed E-state index contributed by atoms with van der Waals surface area (Å²) in [5, 5.41) is 6.30. The summed E-state index contributed by atoms with van der Waals surface area (Å²) in [6, 6.07) is 17.8. The number of carbonyl (C=O) groups excluding carboxylic acids is 2. The molecule has 2 aromatic carbocycles. The van der Waals surface area contributed by atoms with Gasteiger partial charge in [0.2, 0.25) is 5.91 Å². The first-order chi connectivity index (χ1) is 15.2. The van der Waals surface area contributed by atoms with E-state index in [1.807, 2.05) is 42.5 Å². The van der Waals surface area contributed by atoms with Crippen LogP contribution in [0.4, 0.5) is 5.69 Å². The Balaban J connectivity index is 1.25. The molecule has 2 amide bonds. The van der Waals surface area contributed by atoms with E-state index < -0.39 is 0 Å².